The van der Waals surface area contributed by atoms with Crippen LogP contribution in [0, 0.1) is 0 Å². The molecule has 6 heteroatoms. The Kier molecular flexibility index (Phi) is 5.97. The number of hydrogen-bond donors (Lipinski definition) is 0. The van der Waals surface area contributed by atoms with Crippen LogP contribution in [0.5, 0.6) is 5.75 Å². The van der Waals surface area contributed by atoms with Crippen LogP contribution in [0.4, 0.5) is 0 Å². The molecule has 3 aromatic rings. The van der Waals surface area contributed by atoms with E-state index in [1.807, 2.05) is 30.3 Å². The Morgan fingerprint density at radius 3 is 2.84 bits per heavy atom. The molecule has 5 nitrogen and oxygen atoms in total. The minimum absolute atomic E-state index is 0.560. The Bertz CT molecular complexity index is 1060. The molecule has 1 saturated carbocycles. The maximum Gasteiger partial charge on any atom is 0.137 e. The molecule has 0 unspecified atom stereocenters. The SMILES string of the molecule is COc1ccc(-c2ccc(CN3CCc4nc(C5CCCCC5)ncc4C3)o2)cc1Cl. The van der Waals surface area contributed by atoms with E-state index in [0.29, 0.717) is 16.7 Å². The largest absolute Gasteiger partial charge is 0.495 e. The predicted octanol–water partition coefficient (Wildman–Crippen LogP) is 6.00. The lowest BCUT2D eigenvalue weighted by molar-refractivity contribution is 0.224. The lowest BCUT2D eigenvalue weighted by Gasteiger charge is -2.28. The molecular weight excluding hydrogens is 410 g/mol. The van der Waals surface area contributed by atoms with E-state index in [9.17, 15) is 0 Å². The Morgan fingerprint density at radius 2 is 2.03 bits per heavy atom. The van der Waals surface area contributed by atoms with Gasteiger partial charge in [0, 0.05) is 48.4 Å². The Labute approximate surface area is 188 Å². The maximum atomic E-state index is 6.26. The Hall–Kier alpha value is -2.37. The highest BCUT2D eigenvalue weighted by atomic mass is 35.5. The standard InChI is InChI=1S/C25H28ClN3O2/c1-30-24-9-7-18(13-21(24)26)23-10-8-20(31-23)16-29-12-11-22-19(15-29)14-27-25(28-22)17-5-3-2-4-6-17/h7-10,13-14,17H,2-6,11-12,15-16H2,1H3. The maximum absolute atomic E-state index is 6.26. The molecule has 0 saturated heterocycles. The van der Waals surface area contributed by atoms with Crippen molar-refractivity contribution in [1.82, 2.24) is 14.9 Å². The van der Waals surface area contributed by atoms with Crippen LogP contribution < -0.4 is 4.74 Å². The fourth-order valence-electron chi connectivity index (χ4n) is 4.74. The van der Waals surface area contributed by atoms with Crippen LogP contribution in [0.2, 0.25) is 5.02 Å². The van der Waals surface area contributed by atoms with Gasteiger partial charge in [0.1, 0.15) is 23.1 Å². The summed E-state index contributed by atoms with van der Waals surface area (Å²) in [6.45, 7) is 2.62. The van der Waals surface area contributed by atoms with E-state index in [1.165, 1.54) is 43.4 Å². The molecule has 0 radical (unpaired) electrons. The second-order valence-corrected chi connectivity index (χ2v) is 9.02. The van der Waals surface area contributed by atoms with Crippen molar-refractivity contribution in [3.63, 3.8) is 0 Å². The first-order chi connectivity index (χ1) is 15.2. The molecule has 5 rings (SSSR count). The third kappa shape index (κ3) is 4.48. The van der Waals surface area contributed by atoms with E-state index in [-0.39, 0.29) is 0 Å². The Morgan fingerprint density at radius 1 is 1.16 bits per heavy atom. The molecule has 2 aromatic heterocycles. The topological polar surface area (TPSA) is 51.4 Å². The number of fused-ring (bicyclic) bond motifs is 1. The highest BCUT2D eigenvalue weighted by Gasteiger charge is 2.23. The Balaban J connectivity index is 1.25. The summed E-state index contributed by atoms with van der Waals surface area (Å²) in [5.41, 5.74) is 3.43. The van der Waals surface area contributed by atoms with Crippen LogP contribution >= 0.6 is 11.6 Å². The van der Waals surface area contributed by atoms with E-state index in [2.05, 4.69) is 11.1 Å². The van der Waals surface area contributed by atoms with Crippen LogP contribution in [0.25, 0.3) is 11.3 Å². The van der Waals surface area contributed by atoms with Gasteiger partial charge in [-0.25, -0.2) is 9.97 Å². The molecule has 3 heterocycles. The molecular formula is C25H28ClN3O2. The van der Waals surface area contributed by atoms with Gasteiger partial charge in [0.25, 0.3) is 0 Å². The third-order valence-electron chi connectivity index (χ3n) is 6.48. The van der Waals surface area contributed by atoms with Gasteiger partial charge in [-0.1, -0.05) is 30.9 Å². The first kappa shape index (κ1) is 20.5. The molecule has 2 aliphatic rings. The minimum atomic E-state index is 0.560. The van der Waals surface area contributed by atoms with Crippen molar-refractivity contribution >= 4 is 11.6 Å². The molecule has 162 valence electrons. The van der Waals surface area contributed by atoms with Crippen LogP contribution in [-0.4, -0.2) is 28.5 Å². The van der Waals surface area contributed by atoms with E-state index < -0.39 is 0 Å². The van der Waals surface area contributed by atoms with Gasteiger partial charge in [-0.05, 0) is 43.2 Å². The number of hydrogen-bond acceptors (Lipinski definition) is 5. The molecule has 1 fully saturated rings. The molecule has 0 bridgehead atoms. The number of methoxy groups -OCH3 is 1. The van der Waals surface area contributed by atoms with Gasteiger partial charge in [-0.2, -0.15) is 0 Å². The molecule has 0 atom stereocenters. The lowest BCUT2D eigenvalue weighted by Crippen LogP contribution is -2.31. The van der Waals surface area contributed by atoms with Gasteiger partial charge in [-0.15, -0.1) is 0 Å². The fraction of sp³-hybridized carbons (Fsp3) is 0.440. The summed E-state index contributed by atoms with van der Waals surface area (Å²) in [5.74, 6) is 4.06. The number of furan rings is 1. The number of rotatable bonds is 5. The summed E-state index contributed by atoms with van der Waals surface area (Å²) in [6, 6.07) is 9.76. The quantitative estimate of drug-likeness (QED) is 0.489. The van der Waals surface area contributed by atoms with Gasteiger partial charge in [0.05, 0.1) is 18.7 Å². The van der Waals surface area contributed by atoms with Crippen molar-refractivity contribution < 1.29 is 9.15 Å². The first-order valence-corrected chi connectivity index (χ1v) is 11.6. The van der Waals surface area contributed by atoms with Gasteiger partial charge in [-0.3, -0.25) is 4.90 Å². The number of aromatic nitrogens is 2. The van der Waals surface area contributed by atoms with Crippen LogP contribution in [0.15, 0.2) is 40.9 Å². The molecule has 1 aliphatic heterocycles. The number of ether oxygens (including phenoxy) is 1. The van der Waals surface area contributed by atoms with Gasteiger partial charge in [0.2, 0.25) is 0 Å². The van der Waals surface area contributed by atoms with Gasteiger partial charge >= 0.3 is 0 Å². The van der Waals surface area contributed by atoms with E-state index in [4.69, 9.17) is 30.7 Å². The second kappa shape index (κ2) is 9.01. The third-order valence-corrected chi connectivity index (χ3v) is 6.77. The second-order valence-electron chi connectivity index (χ2n) is 8.61. The normalized spacial score (nSPS) is 17.5. The van der Waals surface area contributed by atoms with E-state index in [0.717, 1.165) is 49.0 Å². The average molecular weight is 438 g/mol. The predicted molar refractivity (Wildman–Crippen MR) is 121 cm³/mol. The highest BCUT2D eigenvalue weighted by Crippen LogP contribution is 2.33. The zero-order valence-electron chi connectivity index (χ0n) is 17.9. The van der Waals surface area contributed by atoms with Crippen molar-refractivity contribution in [2.24, 2.45) is 0 Å². The zero-order chi connectivity index (χ0) is 21.2. The van der Waals surface area contributed by atoms with Gasteiger partial charge < -0.3 is 9.15 Å². The number of nitrogens with zero attached hydrogens (tertiary/aromatic N) is 3. The van der Waals surface area contributed by atoms with E-state index in [1.54, 1.807) is 7.11 Å². The monoisotopic (exact) mass is 437 g/mol. The van der Waals surface area contributed by atoms with Crippen molar-refractivity contribution in [2.75, 3.05) is 13.7 Å². The van der Waals surface area contributed by atoms with Crippen LogP contribution in [0.1, 0.15) is 60.9 Å². The molecule has 31 heavy (non-hydrogen) atoms. The van der Waals surface area contributed by atoms with Crippen molar-refractivity contribution in [3.8, 4) is 17.1 Å². The number of benzene rings is 1. The van der Waals surface area contributed by atoms with Crippen molar-refractivity contribution in [1.29, 1.82) is 0 Å². The van der Waals surface area contributed by atoms with Crippen molar-refractivity contribution in [3.05, 3.63) is 64.4 Å². The van der Waals surface area contributed by atoms with Gasteiger partial charge in [0.15, 0.2) is 0 Å². The van der Waals surface area contributed by atoms with Crippen molar-refractivity contribution in [2.45, 2.75) is 57.5 Å². The summed E-state index contributed by atoms with van der Waals surface area (Å²) >= 11 is 6.26. The summed E-state index contributed by atoms with van der Waals surface area (Å²) in [5, 5.41) is 0.582. The van der Waals surface area contributed by atoms with E-state index >= 15 is 0 Å². The van der Waals surface area contributed by atoms with Crippen LogP contribution in [-0.2, 0) is 19.5 Å². The molecule has 1 aromatic carbocycles. The smallest absolute Gasteiger partial charge is 0.137 e. The molecule has 0 N–H and O–H groups in total. The minimum Gasteiger partial charge on any atom is -0.495 e. The highest BCUT2D eigenvalue weighted by molar-refractivity contribution is 6.32. The average Bonchev–Trinajstić information content (AvgIpc) is 3.27. The van der Waals surface area contributed by atoms with Crippen LogP contribution in [0.3, 0.4) is 0 Å². The summed E-state index contributed by atoms with van der Waals surface area (Å²) in [6.07, 6.45) is 9.50. The first-order valence-electron chi connectivity index (χ1n) is 11.2. The lowest BCUT2D eigenvalue weighted by atomic mass is 9.88. The molecule has 0 amide bonds. The zero-order valence-corrected chi connectivity index (χ0v) is 18.7. The fourth-order valence-corrected chi connectivity index (χ4v) is 5.00. The number of halogens is 1. The summed E-state index contributed by atoms with van der Waals surface area (Å²) in [4.78, 5) is 12.1. The summed E-state index contributed by atoms with van der Waals surface area (Å²) in [7, 11) is 1.62. The summed E-state index contributed by atoms with van der Waals surface area (Å²) < 4.78 is 11.3. The molecule has 0 spiro atoms. The molecule has 1 aliphatic carbocycles.